The van der Waals surface area contributed by atoms with E-state index in [0.717, 1.165) is 0 Å². The van der Waals surface area contributed by atoms with Gasteiger partial charge in [-0.25, -0.2) is 0 Å². The van der Waals surface area contributed by atoms with Crippen LogP contribution in [0.4, 0.5) is 11.4 Å². The van der Waals surface area contributed by atoms with Gasteiger partial charge in [0.25, 0.3) is 11.8 Å². The summed E-state index contributed by atoms with van der Waals surface area (Å²) in [5.41, 5.74) is 1.33. The van der Waals surface area contributed by atoms with Crippen LogP contribution in [0.15, 0.2) is 72.3 Å². The maximum absolute atomic E-state index is 12.6. The molecule has 0 saturated heterocycles. The fraction of sp³-hybridized carbons (Fsp3) is 0.115. The van der Waals surface area contributed by atoms with Gasteiger partial charge in [0.15, 0.2) is 18.1 Å². The number of nitriles is 1. The standard InChI is InChI=1S/C26H22ClN3O5/c1-33-22-10-6-5-9-21(22)30-26(32)18(15-28)13-17-11-12-23(24(14-17)34-2)35-16-25(31)29-20-8-4-3-7-19(20)27/h3-14H,16H2,1-2H3,(H,29,31)(H,30,32)/b18-13+. The fourth-order valence-electron chi connectivity index (χ4n) is 3.04. The van der Waals surface area contributed by atoms with E-state index >= 15 is 0 Å². The van der Waals surface area contributed by atoms with Gasteiger partial charge in [-0.05, 0) is 48.0 Å². The van der Waals surface area contributed by atoms with Gasteiger partial charge in [-0.15, -0.1) is 0 Å². The lowest BCUT2D eigenvalue weighted by molar-refractivity contribution is -0.118. The van der Waals surface area contributed by atoms with Crippen molar-refractivity contribution in [3.05, 3.63) is 82.9 Å². The summed E-state index contributed by atoms with van der Waals surface area (Å²) in [5.74, 6) is 0.124. The number of nitrogens with zero attached hydrogens (tertiary/aromatic N) is 1. The van der Waals surface area contributed by atoms with Crippen LogP contribution < -0.4 is 24.8 Å². The Morgan fingerprint density at radius 1 is 0.914 bits per heavy atom. The van der Waals surface area contributed by atoms with E-state index in [4.69, 9.17) is 25.8 Å². The molecule has 178 valence electrons. The van der Waals surface area contributed by atoms with E-state index in [1.165, 1.54) is 20.3 Å². The van der Waals surface area contributed by atoms with Gasteiger partial charge in [0.2, 0.25) is 0 Å². The van der Waals surface area contributed by atoms with Gasteiger partial charge in [-0.2, -0.15) is 5.26 Å². The van der Waals surface area contributed by atoms with Gasteiger partial charge in [-0.1, -0.05) is 41.9 Å². The van der Waals surface area contributed by atoms with E-state index in [0.29, 0.717) is 39.2 Å². The van der Waals surface area contributed by atoms with Crippen LogP contribution in [0.2, 0.25) is 5.02 Å². The summed E-state index contributed by atoms with van der Waals surface area (Å²) >= 11 is 6.05. The van der Waals surface area contributed by atoms with E-state index < -0.39 is 11.8 Å². The van der Waals surface area contributed by atoms with Gasteiger partial charge in [0.1, 0.15) is 17.4 Å². The number of hydrogen-bond acceptors (Lipinski definition) is 6. The number of nitrogens with one attached hydrogen (secondary N) is 2. The Morgan fingerprint density at radius 2 is 1.60 bits per heavy atom. The molecule has 0 atom stereocenters. The largest absolute Gasteiger partial charge is 0.495 e. The normalized spacial score (nSPS) is 10.6. The molecule has 0 heterocycles. The third kappa shape index (κ3) is 6.76. The lowest BCUT2D eigenvalue weighted by Crippen LogP contribution is -2.20. The van der Waals surface area contributed by atoms with E-state index in [1.54, 1.807) is 66.7 Å². The maximum atomic E-state index is 12.6. The molecule has 0 radical (unpaired) electrons. The molecule has 0 bridgehead atoms. The Morgan fingerprint density at radius 3 is 2.29 bits per heavy atom. The predicted molar refractivity (Wildman–Crippen MR) is 134 cm³/mol. The molecule has 3 aromatic carbocycles. The number of benzene rings is 3. The van der Waals surface area contributed by atoms with Crippen LogP contribution in [0.25, 0.3) is 6.08 Å². The second-order valence-electron chi connectivity index (χ2n) is 7.05. The molecule has 0 saturated carbocycles. The Balaban J connectivity index is 1.70. The van der Waals surface area contributed by atoms with Crippen molar-refractivity contribution in [1.82, 2.24) is 0 Å². The van der Waals surface area contributed by atoms with Gasteiger partial charge < -0.3 is 24.8 Å². The molecule has 0 aliphatic heterocycles. The zero-order valence-electron chi connectivity index (χ0n) is 19.0. The molecular formula is C26H22ClN3O5. The second kappa shape index (κ2) is 12.1. The highest BCUT2D eigenvalue weighted by Crippen LogP contribution is 2.30. The molecule has 0 fully saturated rings. The van der Waals surface area contributed by atoms with E-state index in [-0.39, 0.29) is 12.2 Å². The highest BCUT2D eigenvalue weighted by Gasteiger charge is 2.14. The minimum atomic E-state index is -0.590. The molecule has 3 rings (SSSR count). The van der Waals surface area contributed by atoms with E-state index in [9.17, 15) is 14.9 Å². The molecule has 3 aromatic rings. The summed E-state index contributed by atoms with van der Waals surface area (Å²) in [6.45, 7) is -0.276. The Labute approximate surface area is 207 Å². The van der Waals surface area contributed by atoms with Gasteiger partial charge in [-0.3, -0.25) is 9.59 Å². The van der Waals surface area contributed by atoms with E-state index in [1.807, 2.05) is 6.07 Å². The molecule has 2 amide bonds. The molecule has 35 heavy (non-hydrogen) atoms. The molecule has 2 N–H and O–H groups in total. The van der Waals surface area contributed by atoms with Gasteiger partial charge in [0.05, 0.1) is 30.6 Å². The van der Waals surface area contributed by atoms with Gasteiger partial charge in [0, 0.05) is 0 Å². The fourth-order valence-corrected chi connectivity index (χ4v) is 3.22. The highest BCUT2D eigenvalue weighted by atomic mass is 35.5. The number of methoxy groups -OCH3 is 2. The van der Waals surface area contributed by atoms with Crippen molar-refractivity contribution >= 4 is 40.9 Å². The highest BCUT2D eigenvalue weighted by molar-refractivity contribution is 6.33. The first-order valence-corrected chi connectivity index (χ1v) is 10.7. The average Bonchev–Trinajstić information content (AvgIpc) is 2.87. The van der Waals surface area contributed by atoms with Crippen LogP contribution in [0.3, 0.4) is 0 Å². The molecule has 8 nitrogen and oxygen atoms in total. The Hall–Kier alpha value is -4.48. The first-order chi connectivity index (χ1) is 16.9. The lowest BCUT2D eigenvalue weighted by Gasteiger charge is -2.12. The lowest BCUT2D eigenvalue weighted by atomic mass is 10.1. The van der Waals surface area contributed by atoms with Crippen LogP contribution >= 0.6 is 11.6 Å². The zero-order valence-corrected chi connectivity index (χ0v) is 19.8. The Bertz CT molecular complexity index is 1300. The molecule has 0 aliphatic rings. The third-order valence-electron chi connectivity index (χ3n) is 4.73. The van der Waals surface area contributed by atoms with Crippen molar-refractivity contribution in [2.45, 2.75) is 0 Å². The SMILES string of the molecule is COc1ccccc1NC(=O)/C(C#N)=C/c1ccc(OCC(=O)Nc2ccccc2Cl)c(OC)c1. The van der Waals surface area contributed by atoms with Crippen molar-refractivity contribution in [2.24, 2.45) is 0 Å². The molecule has 0 aliphatic carbocycles. The quantitative estimate of drug-likeness (QED) is 0.325. The second-order valence-corrected chi connectivity index (χ2v) is 7.46. The molecule has 0 aromatic heterocycles. The molecular weight excluding hydrogens is 470 g/mol. The number of ether oxygens (including phenoxy) is 3. The van der Waals surface area contributed by atoms with Crippen molar-refractivity contribution in [3.63, 3.8) is 0 Å². The first-order valence-electron chi connectivity index (χ1n) is 10.4. The van der Waals surface area contributed by atoms with Gasteiger partial charge >= 0.3 is 0 Å². The molecule has 0 spiro atoms. The number of carbonyl (C=O) groups excluding carboxylic acids is 2. The van der Waals surface area contributed by atoms with Crippen LogP contribution in [0.1, 0.15) is 5.56 Å². The minimum Gasteiger partial charge on any atom is -0.495 e. The zero-order chi connectivity index (χ0) is 25.2. The number of anilines is 2. The minimum absolute atomic E-state index is 0.120. The number of carbonyl (C=O) groups is 2. The third-order valence-corrected chi connectivity index (χ3v) is 5.06. The molecule has 9 heteroatoms. The number of amides is 2. The molecule has 0 unspecified atom stereocenters. The van der Waals surface area contributed by atoms with Crippen LogP contribution in [-0.4, -0.2) is 32.6 Å². The van der Waals surface area contributed by atoms with Crippen molar-refractivity contribution < 1.29 is 23.8 Å². The summed E-state index contributed by atoms with van der Waals surface area (Å²) in [7, 11) is 2.93. The average molecular weight is 492 g/mol. The summed E-state index contributed by atoms with van der Waals surface area (Å²) in [6.07, 6.45) is 1.42. The summed E-state index contributed by atoms with van der Waals surface area (Å²) < 4.78 is 16.1. The first kappa shape index (κ1) is 25.1. The summed E-state index contributed by atoms with van der Waals surface area (Å²) in [6, 6.07) is 20.5. The maximum Gasteiger partial charge on any atom is 0.266 e. The van der Waals surface area contributed by atoms with Crippen molar-refractivity contribution in [3.8, 4) is 23.3 Å². The number of hydrogen-bond donors (Lipinski definition) is 2. The van der Waals surface area contributed by atoms with Crippen LogP contribution in [-0.2, 0) is 9.59 Å². The monoisotopic (exact) mass is 491 g/mol. The predicted octanol–water partition coefficient (Wildman–Crippen LogP) is 4.92. The smallest absolute Gasteiger partial charge is 0.266 e. The number of rotatable bonds is 9. The van der Waals surface area contributed by atoms with Crippen LogP contribution in [0.5, 0.6) is 17.2 Å². The summed E-state index contributed by atoms with van der Waals surface area (Å²) in [4.78, 5) is 24.8. The Kier molecular flexibility index (Phi) is 8.70. The number of para-hydroxylation sites is 3. The van der Waals surface area contributed by atoms with Crippen molar-refractivity contribution in [2.75, 3.05) is 31.5 Å². The van der Waals surface area contributed by atoms with E-state index in [2.05, 4.69) is 10.6 Å². The number of halogens is 1. The summed E-state index contributed by atoms with van der Waals surface area (Å²) in [5, 5.41) is 15.3. The topological polar surface area (TPSA) is 110 Å². The van der Waals surface area contributed by atoms with Crippen molar-refractivity contribution in [1.29, 1.82) is 5.26 Å². The van der Waals surface area contributed by atoms with Crippen LogP contribution in [0, 0.1) is 11.3 Å².